The van der Waals surface area contributed by atoms with Gasteiger partial charge in [-0.1, -0.05) is 13.8 Å². The van der Waals surface area contributed by atoms with Crippen molar-refractivity contribution in [2.24, 2.45) is 0 Å². The number of pyridine rings is 2. The highest BCUT2D eigenvalue weighted by atomic mass is 14.8. The van der Waals surface area contributed by atoms with Crippen molar-refractivity contribution >= 4 is 5.52 Å². The van der Waals surface area contributed by atoms with Crippen LogP contribution in [0.3, 0.4) is 0 Å². The first-order valence-corrected chi connectivity index (χ1v) is 5.27. The molecule has 0 aliphatic carbocycles. The summed E-state index contributed by atoms with van der Waals surface area (Å²) < 4.78 is 2.19. The molecule has 0 amide bonds. The third-order valence-electron chi connectivity index (χ3n) is 2.71. The van der Waals surface area contributed by atoms with Crippen molar-refractivity contribution in [3.8, 4) is 0 Å². The molecule has 0 aromatic carbocycles. The molecule has 0 saturated carbocycles. The first-order chi connectivity index (χ1) is 6.85. The van der Waals surface area contributed by atoms with Crippen LogP contribution in [0, 0.1) is 0 Å². The van der Waals surface area contributed by atoms with E-state index in [1.54, 1.807) is 0 Å². The number of fused-ring (bicyclic) bond motifs is 1. The molecule has 2 aromatic heterocycles. The lowest BCUT2D eigenvalue weighted by Gasteiger charge is -2.02. The number of rotatable bonds is 2. The maximum absolute atomic E-state index is 2.29. The fourth-order valence-corrected chi connectivity index (χ4v) is 1.88. The monoisotopic (exact) mass is 186 g/mol. The van der Waals surface area contributed by atoms with E-state index in [9.17, 15) is 0 Å². The van der Waals surface area contributed by atoms with Crippen LogP contribution in [-0.2, 0) is 12.8 Å². The lowest BCUT2D eigenvalue weighted by Crippen LogP contribution is -2.22. The smallest absolute Gasteiger partial charge is 0.167 e. The standard InChI is InChI=1S/C13H16N/c1-3-11-9-13-7-5-6-8-14(13)10-12(11)4-2/h5-10H,3-4H2,1-2H3/q+1. The number of aryl methyl sites for hydroxylation is 2. The Morgan fingerprint density at radius 3 is 2.57 bits per heavy atom. The summed E-state index contributed by atoms with van der Waals surface area (Å²) in [7, 11) is 0. The molecular formula is C13H16N+. The zero-order valence-corrected chi connectivity index (χ0v) is 8.83. The first kappa shape index (κ1) is 9.20. The highest BCUT2D eigenvalue weighted by Crippen LogP contribution is 2.10. The van der Waals surface area contributed by atoms with Crippen molar-refractivity contribution in [2.45, 2.75) is 26.7 Å². The molecule has 0 N–H and O–H groups in total. The minimum absolute atomic E-state index is 1.11. The van der Waals surface area contributed by atoms with Crippen molar-refractivity contribution in [2.75, 3.05) is 0 Å². The van der Waals surface area contributed by atoms with Gasteiger partial charge in [-0.05, 0) is 24.5 Å². The summed E-state index contributed by atoms with van der Waals surface area (Å²) in [5.74, 6) is 0. The lowest BCUT2D eigenvalue weighted by molar-refractivity contribution is -0.512. The summed E-state index contributed by atoms with van der Waals surface area (Å²) in [6.07, 6.45) is 6.58. The second-order valence-electron chi connectivity index (χ2n) is 3.56. The SMILES string of the molecule is CCc1cc2cccc[n+]2cc1CC. The maximum atomic E-state index is 2.29. The lowest BCUT2D eigenvalue weighted by atomic mass is 10.1. The van der Waals surface area contributed by atoms with Gasteiger partial charge in [0.05, 0.1) is 0 Å². The van der Waals surface area contributed by atoms with Crippen LogP contribution in [0.4, 0.5) is 0 Å². The minimum Gasteiger partial charge on any atom is -0.167 e. The van der Waals surface area contributed by atoms with E-state index in [1.807, 2.05) is 0 Å². The van der Waals surface area contributed by atoms with E-state index in [0.717, 1.165) is 12.8 Å². The molecule has 1 heteroatoms. The van der Waals surface area contributed by atoms with Gasteiger partial charge in [0.2, 0.25) is 5.52 Å². The summed E-state index contributed by atoms with van der Waals surface area (Å²) in [4.78, 5) is 0. The zero-order valence-electron chi connectivity index (χ0n) is 8.83. The first-order valence-electron chi connectivity index (χ1n) is 5.27. The molecule has 1 nitrogen and oxygen atoms in total. The van der Waals surface area contributed by atoms with Crippen LogP contribution in [0.25, 0.3) is 5.52 Å². The molecule has 0 spiro atoms. The Hall–Kier alpha value is -1.37. The summed E-state index contributed by atoms with van der Waals surface area (Å²) in [5.41, 5.74) is 4.21. The predicted molar refractivity (Wildman–Crippen MR) is 58.4 cm³/mol. The summed E-state index contributed by atoms with van der Waals surface area (Å²) in [6.45, 7) is 4.43. The highest BCUT2D eigenvalue weighted by molar-refractivity contribution is 5.43. The molecule has 0 aliphatic rings. The van der Waals surface area contributed by atoms with Gasteiger partial charge >= 0.3 is 0 Å². The Balaban J connectivity index is 2.69. The summed E-state index contributed by atoms with van der Waals surface area (Å²) in [5, 5.41) is 0. The Morgan fingerprint density at radius 2 is 1.86 bits per heavy atom. The van der Waals surface area contributed by atoms with Crippen LogP contribution < -0.4 is 4.40 Å². The van der Waals surface area contributed by atoms with E-state index in [1.165, 1.54) is 16.6 Å². The number of nitrogens with zero attached hydrogens (tertiary/aromatic N) is 1. The van der Waals surface area contributed by atoms with E-state index in [-0.39, 0.29) is 0 Å². The zero-order chi connectivity index (χ0) is 9.97. The normalized spacial score (nSPS) is 10.7. The molecule has 0 saturated heterocycles. The van der Waals surface area contributed by atoms with Crippen molar-refractivity contribution < 1.29 is 4.40 Å². The topological polar surface area (TPSA) is 4.10 Å². The molecule has 2 aromatic rings. The van der Waals surface area contributed by atoms with Gasteiger partial charge in [0.15, 0.2) is 12.4 Å². The van der Waals surface area contributed by atoms with E-state index in [0.29, 0.717) is 0 Å². The average molecular weight is 186 g/mol. The van der Waals surface area contributed by atoms with Gasteiger partial charge in [0.1, 0.15) is 0 Å². The highest BCUT2D eigenvalue weighted by Gasteiger charge is 2.07. The second-order valence-corrected chi connectivity index (χ2v) is 3.56. The van der Waals surface area contributed by atoms with E-state index < -0.39 is 0 Å². The fraction of sp³-hybridized carbons (Fsp3) is 0.308. The Bertz CT molecular complexity index is 403. The molecule has 0 atom stereocenters. The van der Waals surface area contributed by atoms with Crippen molar-refractivity contribution in [1.29, 1.82) is 0 Å². The summed E-state index contributed by atoms with van der Waals surface area (Å²) in [6, 6.07) is 8.59. The van der Waals surface area contributed by atoms with Crippen LogP contribution in [0.5, 0.6) is 0 Å². The fourth-order valence-electron chi connectivity index (χ4n) is 1.88. The predicted octanol–water partition coefficient (Wildman–Crippen LogP) is 2.55. The van der Waals surface area contributed by atoms with Gasteiger partial charge in [-0.3, -0.25) is 0 Å². The van der Waals surface area contributed by atoms with Crippen LogP contribution >= 0.6 is 0 Å². The van der Waals surface area contributed by atoms with Gasteiger partial charge < -0.3 is 0 Å². The number of aromatic nitrogens is 1. The van der Waals surface area contributed by atoms with Crippen LogP contribution in [0.2, 0.25) is 0 Å². The number of hydrogen-bond donors (Lipinski definition) is 0. The van der Waals surface area contributed by atoms with E-state index in [4.69, 9.17) is 0 Å². The van der Waals surface area contributed by atoms with Crippen molar-refractivity contribution in [1.82, 2.24) is 0 Å². The van der Waals surface area contributed by atoms with Gasteiger partial charge in [-0.25, -0.2) is 0 Å². The number of hydrogen-bond acceptors (Lipinski definition) is 0. The van der Waals surface area contributed by atoms with E-state index >= 15 is 0 Å². The van der Waals surface area contributed by atoms with Gasteiger partial charge in [-0.2, -0.15) is 4.40 Å². The van der Waals surface area contributed by atoms with Gasteiger partial charge in [-0.15, -0.1) is 0 Å². The maximum Gasteiger partial charge on any atom is 0.210 e. The molecular weight excluding hydrogens is 170 g/mol. The van der Waals surface area contributed by atoms with Crippen molar-refractivity contribution in [3.05, 3.63) is 47.8 Å². The third-order valence-corrected chi connectivity index (χ3v) is 2.71. The largest absolute Gasteiger partial charge is 0.210 e. The third kappa shape index (κ3) is 1.50. The molecule has 72 valence electrons. The van der Waals surface area contributed by atoms with E-state index in [2.05, 4.69) is 54.9 Å². The molecule has 0 radical (unpaired) electrons. The van der Waals surface area contributed by atoms with Crippen LogP contribution in [0.15, 0.2) is 36.7 Å². The second kappa shape index (κ2) is 3.79. The Kier molecular flexibility index (Phi) is 2.49. The molecule has 2 heterocycles. The van der Waals surface area contributed by atoms with Crippen LogP contribution in [0.1, 0.15) is 25.0 Å². The van der Waals surface area contributed by atoms with Gasteiger partial charge in [0.25, 0.3) is 0 Å². The Morgan fingerprint density at radius 1 is 1.07 bits per heavy atom. The molecule has 2 rings (SSSR count). The minimum atomic E-state index is 1.11. The molecule has 0 fully saturated rings. The molecule has 0 aliphatic heterocycles. The summed E-state index contributed by atoms with van der Waals surface area (Å²) >= 11 is 0. The Labute approximate surface area is 85.0 Å². The molecule has 0 unspecified atom stereocenters. The quantitative estimate of drug-likeness (QED) is 0.635. The molecule has 14 heavy (non-hydrogen) atoms. The van der Waals surface area contributed by atoms with Crippen LogP contribution in [-0.4, -0.2) is 0 Å². The van der Waals surface area contributed by atoms with Crippen molar-refractivity contribution in [3.63, 3.8) is 0 Å². The molecule has 0 bridgehead atoms. The van der Waals surface area contributed by atoms with Gasteiger partial charge in [0, 0.05) is 23.8 Å². The average Bonchev–Trinajstić information content (AvgIpc) is 2.27.